The zero-order valence-electron chi connectivity index (χ0n) is 16.2. The molecule has 4 aliphatic carbocycles. The lowest BCUT2D eigenvalue weighted by molar-refractivity contribution is -0.369. The van der Waals surface area contributed by atoms with Gasteiger partial charge in [-0.3, -0.25) is 4.79 Å². The second kappa shape index (κ2) is 5.53. The van der Waals surface area contributed by atoms with E-state index in [9.17, 15) is 25.2 Å². The third-order valence-electron chi connectivity index (χ3n) is 9.24. The molecular weight excluding hydrogens is 332 g/mol. The Balaban J connectivity index is 1.79. The Morgan fingerprint density at radius 3 is 2.19 bits per heavy atom. The van der Waals surface area contributed by atoms with Crippen LogP contribution in [0.3, 0.4) is 0 Å². The van der Waals surface area contributed by atoms with E-state index < -0.39 is 28.8 Å². The highest BCUT2D eigenvalue weighted by atomic mass is 16.6. The van der Waals surface area contributed by atoms with Crippen LogP contribution in [0.1, 0.15) is 72.1 Å². The summed E-state index contributed by atoms with van der Waals surface area (Å²) in [7, 11) is 0. The first-order chi connectivity index (χ1) is 12.0. The highest BCUT2D eigenvalue weighted by Gasteiger charge is 2.77. The van der Waals surface area contributed by atoms with Crippen molar-refractivity contribution >= 4 is 5.78 Å². The quantitative estimate of drug-likeness (QED) is 0.534. The van der Waals surface area contributed by atoms with Gasteiger partial charge in [-0.15, -0.1) is 0 Å². The van der Waals surface area contributed by atoms with Gasteiger partial charge in [0.2, 0.25) is 11.6 Å². The summed E-state index contributed by atoms with van der Waals surface area (Å²) in [5.41, 5.74) is -0.599. The van der Waals surface area contributed by atoms with E-state index in [2.05, 4.69) is 6.92 Å². The van der Waals surface area contributed by atoms with Crippen molar-refractivity contribution < 1.29 is 25.2 Å². The average molecular weight is 366 g/mol. The minimum atomic E-state index is -2.79. The molecular formula is C21H34O5. The molecule has 0 aromatic heterocycles. The smallest absolute Gasteiger partial charge is 0.229 e. The first-order valence-electron chi connectivity index (χ1n) is 10.4. The predicted octanol–water partition coefficient (Wildman–Crippen LogP) is 2.21. The highest BCUT2D eigenvalue weighted by molar-refractivity contribution is 5.81. The van der Waals surface area contributed by atoms with Gasteiger partial charge in [-0.25, -0.2) is 0 Å². The van der Waals surface area contributed by atoms with E-state index in [0.717, 1.165) is 19.3 Å². The van der Waals surface area contributed by atoms with Crippen molar-refractivity contribution in [2.45, 2.75) is 83.7 Å². The number of Topliss-reactive ketones (excluding diaryl/α,β-unsaturated/α-hetero) is 1. The molecule has 0 spiro atoms. The first-order valence-corrected chi connectivity index (χ1v) is 10.4. The molecule has 0 aliphatic heterocycles. The van der Waals surface area contributed by atoms with Gasteiger partial charge in [0.05, 0.1) is 5.92 Å². The molecule has 0 aromatic rings. The minimum absolute atomic E-state index is 0.0196. The second-order valence-electron chi connectivity index (χ2n) is 10.3. The number of carbonyl (C=O) groups is 1. The molecule has 4 fully saturated rings. The lowest BCUT2D eigenvalue weighted by Crippen LogP contribution is -2.60. The third-order valence-corrected chi connectivity index (χ3v) is 9.24. The number of hydrogen-bond donors (Lipinski definition) is 4. The first kappa shape index (κ1) is 18.9. The van der Waals surface area contributed by atoms with Crippen molar-refractivity contribution in [3.05, 3.63) is 0 Å². The molecule has 0 heterocycles. The van der Waals surface area contributed by atoms with E-state index in [4.69, 9.17) is 0 Å². The fraction of sp³-hybridized carbons (Fsp3) is 0.952. The van der Waals surface area contributed by atoms with Crippen molar-refractivity contribution in [3.8, 4) is 0 Å². The fourth-order valence-corrected chi connectivity index (χ4v) is 8.26. The molecule has 4 N–H and O–H groups in total. The van der Waals surface area contributed by atoms with Crippen LogP contribution >= 0.6 is 0 Å². The van der Waals surface area contributed by atoms with Crippen LogP contribution in [0.4, 0.5) is 0 Å². The zero-order valence-corrected chi connectivity index (χ0v) is 16.2. The van der Waals surface area contributed by atoms with E-state index >= 15 is 0 Å². The van der Waals surface area contributed by atoms with Gasteiger partial charge in [0.25, 0.3) is 0 Å². The minimum Gasteiger partial charge on any atom is -0.361 e. The van der Waals surface area contributed by atoms with Gasteiger partial charge < -0.3 is 20.4 Å². The maximum Gasteiger partial charge on any atom is 0.229 e. The summed E-state index contributed by atoms with van der Waals surface area (Å²) in [4.78, 5) is 12.3. The molecule has 0 saturated heterocycles. The van der Waals surface area contributed by atoms with E-state index in [-0.39, 0.29) is 17.1 Å². The summed E-state index contributed by atoms with van der Waals surface area (Å²) < 4.78 is 0. The lowest BCUT2D eigenvalue weighted by atomic mass is 9.44. The standard InChI is InChI=1S/C21H34O5/c1-12(22)16-19(3)11-9-15-14(17(19)21(25,26)20(16,23)24)8-7-13-6-4-5-10-18(13,15)2/h13-17,23-26H,4-11H2,1-3H3/t13?,14-,15+,16-,17+,18+,19-/m1/s1. The van der Waals surface area contributed by atoms with Gasteiger partial charge in [-0.05, 0) is 74.0 Å². The van der Waals surface area contributed by atoms with Crippen LogP contribution in [0.15, 0.2) is 0 Å². The number of fused-ring (bicyclic) bond motifs is 5. The second-order valence-corrected chi connectivity index (χ2v) is 10.3. The largest absolute Gasteiger partial charge is 0.361 e. The monoisotopic (exact) mass is 366 g/mol. The van der Waals surface area contributed by atoms with E-state index in [1.165, 1.54) is 32.6 Å². The van der Waals surface area contributed by atoms with Gasteiger partial charge in [0.1, 0.15) is 5.78 Å². The Bertz CT molecular complexity index is 614. The van der Waals surface area contributed by atoms with Crippen molar-refractivity contribution in [2.75, 3.05) is 0 Å². The molecule has 4 saturated carbocycles. The summed E-state index contributed by atoms with van der Waals surface area (Å²) in [6.45, 7) is 5.57. The summed E-state index contributed by atoms with van der Waals surface area (Å²) >= 11 is 0. The Hall–Kier alpha value is -0.490. The van der Waals surface area contributed by atoms with E-state index in [1.807, 2.05) is 6.92 Å². The van der Waals surface area contributed by atoms with Crippen LogP contribution in [-0.4, -0.2) is 37.8 Å². The summed E-state index contributed by atoms with van der Waals surface area (Å²) in [5, 5.41) is 43.2. The third kappa shape index (κ3) is 2.09. The van der Waals surface area contributed by atoms with Crippen LogP contribution in [0.2, 0.25) is 0 Å². The number of hydrogen-bond acceptors (Lipinski definition) is 5. The highest BCUT2D eigenvalue weighted by Crippen LogP contribution is 2.70. The maximum atomic E-state index is 12.3. The molecule has 4 rings (SSSR count). The number of aliphatic hydroxyl groups is 4. The van der Waals surface area contributed by atoms with Gasteiger partial charge in [-0.2, -0.15) is 0 Å². The normalized spacial score (nSPS) is 51.9. The van der Waals surface area contributed by atoms with Crippen molar-refractivity contribution in [1.29, 1.82) is 0 Å². The van der Waals surface area contributed by atoms with Crippen LogP contribution in [0.25, 0.3) is 0 Å². The topological polar surface area (TPSA) is 98.0 Å². The van der Waals surface area contributed by atoms with Gasteiger partial charge in [-0.1, -0.05) is 26.7 Å². The molecule has 0 aromatic carbocycles. The van der Waals surface area contributed by atoms with Crippen LogP contribution < -0.4 is 0 Å². The number of carbonyl (C=O) groups excluding carboxylic acids is 1. The summed E-state index contributed by atoms with van der Waals surface area (Å²) in [6, 6.07) is 0. The Morgan fingerprint density at radius 2 is 1.54 bits per heavy atom. The Kier molecular flexibility index (Phi) is 4.01. The van der Waals surface area contributed by atoms with Crippen LogP contribution in [0.5, 0.6) is 0 Å². The summed E-state index contributed by atoms with van der Waals surface area (Å²) in [5.74, 6) is -6.59. The zero-order chi connectivity index (χ0) is 19.1. The molecule has 4 aliphatic rings. The molecule has 0 radical (unpaired) electrons. The van der Waals surface area contributed by atoms with Crippen molar-refractivity contribution in [2.24, 2.45) is 40.4 Å². The van der Waals surface area contributed by atoms with Crippen LogP contribution in [0, 0.1) is 40.4 Å². The lowest BCUT2D eigenvalue weighted by Gasteiger charge is -2.60. The number of ketones is 1. The molecule has 26 heavy (non-hydrogen) atoms. The predicted molar refractivity (Wildman–Crippen MR) is 95.6 cm³/mol. The van der Waals surface area contributed by atoms with Crippen molar-refractivity contribution in [1.82, 2.24) is 0 Å². The fourth-order valence-electron chi connectivity index (χ4n) is 8.26. The van der Waals surface area contributed by atoms with Crippen molar-refractivity contribution in [3.63, 3.8) is 0 Å². The maximum absolute atomic E-state index is 12.3. The molecule has 0 amide bonds. The summed E-state index contributed by atoms with van der Waals surface area (Å²) in [6.07, 6.45) is 8.45. The van der Waals surface area contributed by atoms with Gasteiger partial charge in [0.15, 0.2) is 0 Å². The average Bonchev–Trinajstić information content (AvgIpc) is 2.65. The SMILES string of the molecule is CC(=O)[C@H]1C(O)(O)C(O)(O)[C@H]2[C@@H]3CCC4CCCC[C@]4(C)[C@H]3CC[C@@]21C. The Labute approximate surface area is 155 Å². The number of rotatable bonds is 1. The van der Waals surface area contributed by atoms with Crippen LogP contribution in [-0.2, 0) is 4.79 Å². The molecule has 148 valence electrons. The molecule has 0 bridgehead atoms. The van der Waals surface area contributed by atoms with E-state index in [0.29, 0.717) is 18.3 Å². The molecule has 5 nitrogen and oxygen atoms in total. The van der Waals surface area contributed by atoms with E-state index in [1.54, 1.807) is 0 Å². The molecule has 1 unspecified atom stereocenters. The molecule has 7 atom stereocenters. The van der Waals surface area contributed by atoms with Gasteiger partial charge in [0, 0.05) is 5.92 Å². The Morgan fingerprint density at radius 1 is 0.846 bits per heavy atom. The van der Waals surface area contributed by atoms with Gasteiger partial charge >= 0.3 is 0 Å². The molecule has 5 heteroatoms.